The zero-order valence-corrected chi connectivity index (χ0v) is 11.3. The van der Waals surface area contributed by atoms with Gasteiger partial charge in [-0.25, -0.2) is 8.42 Å². The molecular weight excluding hydrogens is 287 g/mol. The first-order valence-corrected chi connectivity index (χ1v) is 6.82. The summed E-state index contributed by atoms with van der Waals surface area (Å²) in [4.78, 5) is -0.128. The molecule has 0 aliphatic carbocycles. The number of anilines is 1. The van der Waals surface area contributed by atoms with Crippen LogP contribution in [0, 0.1) is 0 Å². The monoisotopic (exact) mass is 298 g/mol. The largest absolute Gasteiger partial charge is 0.396 e. The molecule has 0 aliphatic heterocycles. The topological polar surface area (TPSA) is 83.6 Å². The molecule has 0 saturated heterocycles. The van der Waals surface area contributed by atoms with Gasteiger partial charge in [0.15, 0.2) is 0 Å². The van der Waals surface area contributed by atoms with Gasteiger partial charge in [-0.1, -0.05) is 23.2 Å². The maximum absolute atomic E-state index is 12.0. The molecule has 0 saturated carbocycles. The third-order valence-electron chi connectivity index (χ3n) is 2.19. The van der Waals surface area contributed by atoms with Crippen LogP contribution in [0.1, 0.15) is 0 Å². The molecule has 0 spiro atoms. The summed E-state index contributed by atoms with van der Waals surface area (Å²) in [5, 5.41) is 8.81. The lowest BCUT2D eigenvalue weighted by Gasteiger charge is -2.17. The van der Waals surface area contributed by atoms with E-state index in [4.69, 9.17) is 34.0 Å². The van der Waals surface area contributed by atoms with Crippen LogP contribution in [0.4, 0.5) is 5.69 Å². The molecule has 0 radical (unpaired) electrons. The number of likely N-dealkylation sites (N-methyl/N-ethyl adjacent to an activating group) is 1. The number of nitrogens with zero attached hydrogens (tertiary/aromatic N) is 1. The summed E-state index contributed by atoms with van der Waals surface area (Å²) < 4.78 is 25.1. The Bertz CT molecular complexity index is 519. The SMILES string of the molecule is CN(CCO)S(=O)(=O)c1ccc(Cl)c(N)c1Cl. The standard InChI is InChI=1S/C9H12Cl2N2O3S/c1-13(4-5-14)17(15,16)7-3-2-6(10)9(12)8(7)11/h2-3,14H,4-5,12H2,1H3. The molecule has 8 heteroatoms. The summed E-state index contributed by atoms with van der Waals surface area (Å²) >= 11 is 11.6. The van der Waals surface area contributed by atoms with Crippen LogP contribution in [0.25, 0.3) is 0 Å². The van der Waals surface area contributed by atoms with Gasteiger partial charge in [0, 0.05) is 13.6 Å². The van der Waals surface area contributed by atoms with Crippen molar-refractivity contribution < 1.29 is 13.5 Å². The van der Waals surface area contributed by atoms with E-state index in [0.717, 1.165) is 4.31 Å². The van der Waals surface area contributed by atoms with E-state index in [1.54, 1.807) is 0 Å². The van der Waals surface area contributed by atoms with Gasteiger partial charge >= 0.3 is 0 Å². The molecule has 0 unspecified atom stereocenters. The fourth-order valence-corrected chi connectivity index (χ4v) is 3.07. The molecule has 5 nitrogen and oxygen atoms in total. The van der Waals surface area contributed by atoms with Gasteiger partial charge in [-0.2, -0.15) is 4.31 Å². The Kier molecular flexibility index (Phi) is 4.62. The quantitative estimate of drug-likeness (QED) is 0.818. The van der Waals surface area contributed by atoms with Gasteiger partial charge < -0.3 is 10.8 Å². The van der Waals surface area contributed by atoms with Crippen LogP contribution in [0.15, 0.2) is 17.0 Å². The number of benzene rings is 1. The highest BCUT2D eigenvalue weighted by Gasteiger charge is 2.24. The van der Waals surface area contributed by atoms with Crippen molar-refractivity contribution in [3.8, 4) is 0 Å². The predicted octanol–water partition coefficient (Wildman–Crippen LogP) is 1.19. The van der Waals surface area contributed by atoms with Crippen LogP contribution in [0.2, 0.25) is 10.0 Å². The number of halogens is 2. The molecule has 3 N–H and O–H groups in total. The molecule has 0 aliphatic rings. The van der Waals surface area contributed by atoms with Crippen LogP contribution in [0.5, 0.6) is 0 Å². The summed E-state index contributed by atoms with van der Waals surface area (Å²) in [5.74, 6) is 0. The zero-order chi connectivity index (χ0) is 13.2. The third kappa shape index (κ3) is 2.83. The number of sulfonamides is 1. The highest BCUT2D eigenvalue weighted by molar-refractivity contribution is 7.89. The molecule has 0 bridgehead atoms. The van der Waals surface area contributed by atoms with Gasteiger partial charge in [-0.05, 0) is 12.1 Å². The summed E-state index contributed by atoms with van der Waals surface area (Å²) in [6.45, 7) is -0.308. The lowest BCUT2D eigenvalue weighted by molar-refractivity contribution is 0.266. The van der Waals surface area contributed by atoms with Gasteiger partial charge in [0.25, 0.3) is 0 Å². The molecule has 1 aromatic carbocycles. The Hall–Kier alpha value is -0.530. The van der Waals surface area contributed by atoms with Crippen LogP contribution in [0.3, 0.4) is 0 Å². The Labute approximate surface area is 110 Å². The smallest absolute Gasteiger partial charge is 0.244 e. The van der Waals surface area contributed by atoms with Crippen molar-refractivity contribution >= 4 is 38.9 Å². The van der Waals surface area contributed by atoms with Crippen LogP contribution in [-0.4, -0.2) is 38.0 Å². The Balaban J connectivity index is 3.30. The molecule has 1 aromatic rings. The average Bonchev–Trinajstić information content (AvgIpc) is 2.26. The fourth-order valence-electron chi connectivity index (χ4n) is 1.18. The number of nitrogens with two attached hydrogens (primary N) is 1. The van der Waals surface area contributed by atoms with Gasteiger partial charge in [0.2, 0.25) is 10.0 Å². The second-order valence-electron chi connectivity index (χ2n) is 3.32. The van der Waals surface area contributed by atoms with Crippen molar-refractivity contribution in [3.05, 3.63) is 22.2 Å². The number of hydrogen-bond acceptors (Lipinski definition) is 4. The Morgan fingerprint density at radius 3 is 2.53 bits per heavy atom. The molecule has 0 atom stereocenters. The maximum Gasteiger partial charge on any atom is 0.244 e. The summed E-state index contributed by atoms with van der Waals surface area (Å²) in [7, 11) is -2.43. The minimum absolute atomic E-state index is 0.0202. The van der Waals surface area contributed by atoms with E-state index in [0.29, 0.717) is 0 Å². The number of hydrogen-bond donors (Lipinski definition) is 2. The van der Waals surface area contributed by atoms with Crippen LogP contribution < -0.4 is 5.73 Å². The molecule has 0 fully saturated rings. The molecular formula is C9H12Cl2N2O3S. The lowest BCUT2D eigenvalue weighted by atomic mass is 10.3. The van der Waals surface area contributed by atoms with Crippen LogP contribution >= 0.6 is 23.2 Å². The van der Waals surface area contributed by atoms with E-state index < -0.39 is 10.0 Å². The number of nitrogen functional groups attached to an aromatic ring is 1. The number of rotatable bonds is 4. The van der Waals surface area contributed by atoms with Gasteiger partial charge in [0.1, 0.15) is 4.90 Å². The molecule has 1 rings (SSSR count). The minimum atomic E-state index is -3.77. The van der Waals surface area contributed by atoms with E-state index in [-0.39, 0.29) is 33.8 Å². The highest BCUT2D eigenvalue weighted by Crippen LogP contribution is 2.34. The predicted molar refractivity (Wildman–Crippen MR) is 67.8 cm³/mol. The molecule has 0 amide bonds. The lowest BCUT2D eigenvalue weighted by Crippen LogP contribution is -2.30. The van der Waals surface area contributed by atoms with Crippen molar-refractivity contribution in [3.63, 3.8) is 0 Å². The first-order chi connectivity index (χ1) is 7.82. The average molecular weight is 299 g/mol. The maximum atomic E-state index is 12.0. The van der Waals surface area contributed by atoms with E-state index in [9.17, 15) is 8.42 Å². The van der Waals surface area contributed by atoms with Crippen molar-refractivity contribution in [2.75, 3.05) is 25.9 Å². The van der Waals surface area contributed by atoms with Crippen molar-refractivity contribution in [2.45, 2.75) is 4.90 Å². The minimum Gasteiger partial charge on any atom is -0.396 e. The van der Waals surface area contributed by atoms with E-state index >= 15 is 0 Å². The van der Waals surface area contributed by atoms with E-state index in [2.05, 4.69) is 0 Å². The van der Waals surface area contributed by atoms with Crippen molar-refractivity contribution in [2.24, 2.45) is 0 Å². The Morgan fingerprint density at radius 1 is 1.41 bits per heavy atom. The normalized spacial score (nSPS) is 12.1. The molecule has 17 heavy (non-hydrogen) atoms. The Morgan fingerprint density at radius 2 is 2.00 bits per heavy atom. The number of aliphatic hydroxyl groups is 1. The van der Waals surface area contributed by atoms with Crippen molar-refractivity contribution in [1.29, 1.82) is 0 Å². The zero-order valence-electron chi connectivity index (χ0n) is 9.02. The van der Waals surface area contributed by atoms with Gasteiger partial charge in [0.05, 0.1) is 22.3 Å². The van der Waals surface area contributed by atoms with E-state index in [1.165, 1.54) is 19.2 Å². The second kappa shape index (κ2) is 5.41. The molecule has 0 aromatic heterocycles. The van der Waals surface area contributed by atoms with E-state index in [1.807, 2.05) is 0 Å². The number of aliphatic hydroxyl groups excluding tert-OH is 1. The highest BCUT2D eigenvalue weighted by atomic mass is 35.5. The first kappa shape index (κ1) is 14.5. The second-order valence-corrected chi connectivity index (χ2v) is 6.12. The summed E-state index contributed by atoms with van der Waals surface area (Å²) in [5.41, 5.74) is 5.58. The van der Waals surface area contributed by atoms with Gasteiger partial charge in [-0.3, -0.25) is 0 Å². The van der Waals surface area contributed by atoms with Gasteiger partial charge in [-0.15, -0.1) is 0 Å². The fraction of sp³-hybridized carbons (Fsp3) is 0.333. The first-order valence-electron chi connectivity index (χ1n) is 4.63. The third-order valence-corrected chi connectivity index (χ3v) is 4.94. The summed E-state index contributed by atoms with van der Waals surface area (Å²) in [6, 6.07) is 2.65. The molecule has 0 heterocycles. The van der Waals surface area contributed by atoms with Crippen molar-refractivity contribution in [1.82, 2.24) is 4.31 Å². The van der Waals surface area contributed by atoms with Crippen LogP contribution in [-0.2, 0) is 10.0 Å². The summed E-state index contributed by atoms with van der Waals surface area (Å²) in [6.07, 6.45) is 0. The molecule has 96 valence electrons.